The summed E-state index contributed by atoms with van der Waals surface area (Å²) in [4.78, 5) is 28.7. The fourth-order valence-electron chi connectivity index (χ4n) is 4.33. The summed E-state index contributed by atoms with van der Waals surface area (Å²) in [6, 6.07) is 18.3. The smallest absolute Gasteiger partial charge is 0.264 e. The van der Waals surface area contributed by atoms with Crippen LogP contribution >= 0.6 is 0 Å². The third-order valence-electron chi connectivity index (χ3n) is 7.15. The Morgan fingerprint density at radius 1 is 0.951 bits per heavy atom. The van der Waals surface area contributed by atoms with Gasteiger partial charge in [-0.2, -0.15) is 0 Å². The third-order valence-corrected chi connectivity index (χ3v) is 8.94. The maximum Gasteiger partial charge on any atom is 0.264 e. The molecule has 9 heteroatoms. The summed E-state index contributed by atoms with van der Waals surface area (Å²) >= 11 is 0. The quantitative estimate of drug-likeness (QED) is 0.283. The molecule has 3 aromatic rings. The zero-order valence-corrected chi connectivity index (χ0v) is 25.6. The van der Waals surface area contributed by atoms with Gasteiger partial charge in [-0.1, -0.05) is 49.2 Å². The van der Waals surface area contributed by atoms with Crippen LogP contribution in [0, 0.1) is 20.8 Å². The molecule has 1 unspecified atom stereocenters. The minimum atomic E-state index is -4.11. The Morgan fingerprint density at radius 3 is 2.29 bits per heavy atom. The molecule has 8 nitrogen and oxygen atoms in total. The number of nitrogens with one attached hydrogen (secondary N) is 1. The van der Waals surface area contributed by atoms with Gasteiger partial charge in [0.1, 0.15) is 18.3 Å². The largest absolute Gasteiger partial charge is 0.497 e. The lowest BCUT2D eigenvalue weighted by Gasteiger charge is -2.32. The molecular formula is C32H41N3O5S. The van der Waals surface area contributed by atoms with Gasteiger partial charge in [0, 0.05) is 13.1 Å². The number of aryl methyl sites for hydroxylation is 3. The van der Waals surface area contributed by atoms with Crippen LogP contribution in [-0.2, 0) is 26.2 Å². The van der Waals surface area contributed by atoms with E-state index in [4.69, 9.17) is 4.74 Å². The van der Waals surface area contributed by atoms with Crippen LogP contribution in [0.4, 0.5) is 5.69 Å². The Balaban J connectivity index is 2.03. The molecule has 0 aromatic heterocycles. The van der Waals surface area contributed by atoms with E-state index in [-0.39, 0.29) is 17.3 Å². The van der Waals surface area contributed by atoms with E-state index >= 15 is 0 Å². The first-order chi connectivity index (χ1) is 19.5. The van der Waals surface area contributed by atoms with Crippen LogP contribution in [0.2, 0.25) is 0 Å². The highest BCUT2D eigenvalue weighted by Gasteiger charge is 2.32. The Labute approximate surface area is 244 Å². The first kappa shape index (κ1) is 31.7. The number of unbranched alkanes of at least 4 members (excludes halogenated alkanes) is 1. The van der Waals surface area contributed by atoms with Gasteiger partial charge in [0.15, 0.2) is 0 Å². The number of rotatable bonds is 13. The lowest BCUT2D eigenvalue weighted by Crippen LogP contribution is -2.51. The standard InChI is InChI=1S/C32H41N3O5S/c1-7-8-18-33-32(37)26(5)34(21-27-10-9-11-29(20-27)40-6)31(36)22-35(28-15-14-24(3)25(4)19-28)41(38,39)30-16-12-23(2)13-17-30/h9-17,19-20,26H,7-8,18,21-22H2,1-6H3,(H,33,37). The lowest BCUT2D eigenvalue weighted by molar-refractivity contribution is -0.139. The van der Waals surface area contributed by atoms with E-state index in [1.807, 2.05) is 45.9 Å². The van der Waals surface area contributed by atoms with Crippen molar-refractivity contribution in [2.75, 3.05) is 24.5 Å². The molecular weight excluding hydrogens is 538 g/mol. The molecule has 3 aromatic carbocycles. The molecule has 0 fully saturated rings. The predicted molar refractivity (Wildman–Crippen MR) is 163 cm³/mol. The van der Waals surface area contributed by atoms with Crippen molar-refractivity contribution in [3.8, 4) is 5.75 Å². The van der Waals surface area contributed by atoms with Crippen molar-refractivity contribution >= 4 is 27.5 Å². The van der Waals surface area contributed by atoms with Crippen molar-refractivity contribution in [1.82, 2.24) is 10.2 Å². The van der Waals surface area contributed by atoms with Crippen LogP contribution in [0.3, 0.4) is 0 Å². The van der Waals surface area contributed by atoms with E-state index in [0.717, 1.165) is 39.4 Å². The molecule has 2 amide bonds. The second-order valence-electron chi connectivity index (χ2n) is 10.3. The Hall–Kier alpha value is -3.85. The van der Waals surface area contributed by atoms with Gasteiger partial charge in [0.2, 0.25) is 11.8 Å². The molecule has 1 atom stereocenters. The van der Waals surface area contributed by atoms with Gasteiger partial charge in [-0.05, 0) is 87.2 Å². The number of ether oxygens (including phenoxy) is 1. The van der Waals surface area contributed by atoms with Gasteiger partial charge in [-0.25, -0.2) is 8.42 Å². The number of carbonyl (C=O) groups excluding carboxylic acids is 2. The highest BCUT2D eigenvalue weighted by Crippen LogP contribution is 2.27. The maximum atomic E-state index is 14.1. The van der Waals surface area contributed by atoms with Crippen molar-refractivity contribution in [2.45, 2.75) is 64.9 Å². The van der Waals surface area contributed by atoms with Crippen LogP contribution in [-0.4, -0.2) is 51.4 Å². The first-order valence-corrected chi connectivity index (χ1v) is 15.3. The van der Waals surface area contributed by atoms with Crippen LogP contribution in [0.15, 0.2) is 71.6 Å². The molecule has 0 heterocycles. The normalized spacial score (nSPS) is 12.0. The minimum absolute atomic E-state index is 0.0823. The number of hydrogen-bond donors (Lipinski definition) is 1. The average molecular weight is 580 g/mol. The van der Waals surface area contributed by atoms with Crippen LogP contribution in [0.1, 0.15) is 48.9 Å². The van der Waals surface area contributed by atoms with E-state index in [1.54, 1.807) is 62.6 Å². The van der Waals surface area contributed by atoms with Crippen LogP contribution < -0.4 is 14.4 Å². The molecule has 0 saturated heterocycles. The molecule has 220 valence electrons. The van der Waals surface area contributed by atoms with Crippen molar-refractivity contribution in [1.29, 1.82) is 0 Å². The van der Waals surface area contributed by atoms with Crippen LogP contribution in [0.5, 0.6) is 5.75 Å². The molecule has 1 N–H and O–H groups in total. The van der Waals surface area contributed by atoms with Gasteiger partial charge in [-0.15, -0.1) is 0 Å². The van der Waals surface area contributed by atoms with E-state index in [9.17, 15) is 18.0 Å². The minimum Gasteiger partial charge on any atom is -0.497 e. The number of hydrogen-bond acceptors (Lipinski definition) is 5. The van der Waals surface area contributed by atoms with Gasteiger partial charge in [-0.3, -0.25) is 13.9 Å². The molecule has 0 spiro atoms. The van der Waals surface area contributed by atoms with E-state index in [1.165, 1.54) is 4.90 Å². The summed E-state index contributed by atoms with van der Waals surface area (Å²) in [7, 11) is -2.55. The molecule has 0 saturated carbocycles. The van der Waals surface area contributed by atoms with E-state index in [2.05, 4.69) is 5.32 Å². The number of amides is 2. The summed E-state index contributed by atoms with van der Waals surface area (Å²) in [6.45, 7) is 9.53. The number of methoxy groups -OCH3 is 1. The fraction of sp³-hybridized carbons (Fsp3) is 0.375. The highest BCUT2D eigenvalue weighted by atomic mass is 32.2. The zero-order chi connectivity index (χ0) is 30.2. The molecule has 0 aliphatic rings. The zero-order valence-electron chi connectivity index (χ0n) is 24.8. The number of nitrogens with zero attached hydrogens (tertiary/aromatic N) is 2. The fourth-order valence-corrected chi connectivity index (χ4v) is 5.74. The number of anilines is 1. The van der Waals surface area contributed by atoms with Crippen molar-refractivity contribution < 1.29 is 22.7 Å². The SMILES string of the molecule is CCCCNC(=O)C(C)N(Cc1cccc(OC)c1)C(=O)CN(c1ccc(C)c(C)c1)S(=O)(=O)c1ccc(C)cc1. The van der Waals surface area contributed by atoms with E-state index in [0.29, 0.717) is 18.0 Å². The second-order valence-corrected chi connectivity index (χ2v) is 12.1. The van der Waals surface area contributed by atoms with Crippen molar-refractivity contribution in [2.24, 2.45) is 0 Å². The van der Waals surface area contributed by atoms with Crippen molar-refractivity contribution in [3.63, 3.8) is 0 Å². The monoisotopic (exact) mass is 579 g/mol. The average Bonchev–Trinajstić information content (AvgIpc) is 2.96. The molecule has 3 rings (SSSR count). The summed E-state index contributed by atoms with van der Waals surface area (Å²) in [5.41, 5.74) is 3.96. The Kier molecular flexibility index (Phi) is 10.9. The lowest BCUT2D eigenvalue weighted by atomic mass is 10.1. The number of sulfonamides is 1. The van der Waals surface area contributed by atoms with E-state index < -0.39 is 28.5 Å². The molecule has 41 heavy (non-hydrogen) atoms. The maximum absolute atomic E-state index is 14.1. The number of carbonyl (C=O) groups is 2. The Morgan fingerprint density at radius 2 is 1.66 bits per heavy atom. The van der Waals surface area contributed by atoms with Crippen LogP contribution in [0.25, 0.3) is 0 Å². The van der Waals surface area contributed by atoms with Gasteiger partial charge >= 0.3 is 0 Å². The van der Waals surface area contributed by atoms with Gasteiger partial charge in [0.25, 0.3) is 10.0 Å². The topological polar surface area (TPSA) is 96.0 Å². The third kappa shape index (κ3) is 8.10. The molecule has 0 aliphatic heterocycles. The number of benzene rings is 3. The predicted octanol–water partition coefficient (Wildman–Crippen LogP) is 5.15. The summed E-state index contributed by atoms with van der Waals surface area (Å²) in [5, 5.41) is 2.90. The summed E-state index contributed by atoms with van der Waals surface area (Å²) < 4.78 is 34.4. The molecule has 0 aliphatic carbocycles. The second kappa shape index (κ2) is 14.2. The van der Waals surface area contributed by atoms with Crippen molar-refractivity contribution in [3.05, 3.63) is 89.0 Å². The Bertz CT molecular complexity index is 1450. The first-order valence-electron chi connectivity index (χ1n) is 13.8. The summed E-state index contributed by atoms with van der Waals surface area (Å²) in [6.07, 6.45) is 1.74. The molecule has 0 bridgehead atoms. The van der Waals surface area contributed by atoms with Gasteiger partial charge < -0.3 is 15.0 Å². The van der Waals surface area contributed by atoms with Gasteiger partial charge in [0.05, 0.1) is 17.7 Å². The highest BCUT2D eigenvalue weighted by molar-refractivity contribution is 7.92. The molecule has 0 radical (unpaired) electrons. The summed E-state index contributed by atoms with van der Waals surface area (Å²) in [5.74, 6) is -0.178.